The summed E-state index contributed by atoms with van der Waals surface area (Å²) < 4.78 is 9.92. The number of aromatic nitrogens is 1. The van der Waals surface area contributed by atoms with Gasteiger partial charge in [-0.2, -0.15) is 4.98 Å². The van der Waals surface area contributed by atoms with Crippen LogP contribution in [0.25, 0.3) is 0 Å². The van der Waals surface area contributed by atoms with Crippen molar-refractivity contribution < 1.29 is 14.6 Å². The predicted octanol–water partition coefficient (Wildman–Crippen LogP) is 1.15. The maximum atomic E-state index is 9.34. The van der Waals surface area contributed by atoms with Crippen molar-refractivity contribution in [3.63, 3.8) is 0 Å². The Hall–Kier alpha value is -1.29. The number of methoxy groups -OCH3 is 2. The maximum Gasteiger partial charge on any atom is 0.222 e. The number of rotatable bonds is 3. The molecule has 72 valence electrons. The number of nitrogens with zero attached hydrogens (tertiary/aromatic N) is 1. The summed E-state index contributed by atoms with van der Waals surface area (Å²) in [5.74, 6) is 0.871. The first-order valence-corrected chi connectivity index (χ1v) is 3.96. The van der Waals surface area contributed by atoms with E-state index in [-0.39, 0.29) is 0 Å². The van der Waals surface area contributed by atoms with E-state index in [1.807, 2.05) is 0 Å². The Morgan fingerprint density at radius 1 is 1.31 bits per heavy atom. The largest absolute Gasteiger partial charge is 0.481 e. The summed E-state index contributed by atoms with van der Waals surface area (Å²) in [6.45, 7) is 1.66. The summed E-state index contributed by atoms with van der Waals surface area (Å²) >= 11 is 0. The van der Waals surface area contributed by atoms with Gasteiger partial charge < -0.3 is 14.6 Å². The van der Waals surface area contributed by atoms with Gasteiger partial charge in [0.25, 0.3) is 0 Å². The molecule has 0 spiro atoms. The molecule has 1 aromatic heterocycles. The van der Waals surface area contributed by atoms with Gasteiger partial charge in [-0.05, 0) is 13.0 Å². The SMILES string of the molecule is COc1ccc([C@H](C)O)c(OC)n1. The number of aliphatic hydroxyl groups excluding tert-OH is 1. The Labute approximate surface area is 77.1 Å². The van der Waals surface area contributed by atoms with Crippen molar-refractivity contribution in [3.05, 3.63) is 17.7 Å². The van der Waals surface area contributed by atoms with E-state index < -0.39 is 6.10 Å². The molecule has 1 rings (SSSR count). The Kier molecular flexibility index (Phi) is 3.08. The van der Waals surface area contributed by atoms with Crippen molar-refractivity contribution in [2.24, 2.45) is 0 Å². The van der Waals surface area contributed by atoms with Crippen LogP contribution >= 0.6 is 0 Å². The highest BCUT2D eigenvalue weighted by Gasteiger charge is 2.10. The maximum absolute atomic E-state index is 9.34. The lowest BCUT2D eigenvalue weighted by Crippen LogP contribution is -2.00. The van der Waals surface area contributed by atoms with Gasteiger partial charge in [0.2, 0.25) is 11.8 Å². The molecule has 1 N–H and O–H groups in total. The Morgan fingerprint density at radius 3 is 2.46 bits per heavy atom. The number of ether oxygens (including phenoxy) is 2. The second-order valence-electron chi connectivity index (χ2n) is 2.63. The summed E-state index contributed by atoms with van der Waals surface area (Å²) in [5.41, 5.74) is 0.656. The van der Waals surface area contributed by atoms with Gasteiger partial charge in [0.1, 0.15) is 0 Å². The summed E-state index contributed by atoms with van der Waals surface area (Å²) in [6, 6.07) is 3.42. The highest BCUT2D eigenvalue weighted by atomic mass is 16.5. The molecule has 1 aromatic rings. The standard InChI is InChI=1S/C9H13NO3/c1-6(11)7-4-5-8(12-2)10-9(7)13-3/h4-6,11H,1-3H3/t6-/m0/s1. The second-order valence-corrected chi connectivity index (χ2v) is 2.63. The van der Waals surface area contributed by atoms with Crippen molar-refractivity contribution in [3.8, 4) is 11.8 Å². The van der Waals surface area contributed by atoms with Crippen LogP contribution in [0.2, 0.25) is 0 Å². The van der Waals surface area contributed by atoms with Crippen LogP contribution in [0.3, 0.4) is 0 Å². The van der Waals surface area contributed by atoms with E-state index in [1.54, 1.807) is 19.1 Å². The van der Waals surface area contributed by atoms with Crippen LogP contribution in [-0.2, 0) is 0 Å². The minimum absolute atomic E-state index is 0.398. The molecule has 13 heavy (non-hydrogen) atoms. The lowest BCUT2D eigenvalue weighted by molar-refractivity contribution is 0.192. The molecule has 4 heteroatoms. The van der Waals surface area contributed by atoms with E-state index in [9.17, 15) is 5.11 Å². The van der Waals surface area contributed by atoms with Crippen LogP contribution in [0.5, 0.6) is 11.8 Å². The van der Waals surface area contributed by atoms with Crippen molar-refractivity contribution >= 4 is 0 Å². The normalized spacial score (nSPS) is 12.3. The van der Waals surface area contributed by atoms with Crippen LogP contribution in [0.15, 0.2) is 12.1 Å². The van der Waals surface area contributed by atoms with Gasteiger partial charge in [0.15, 0.2) is 0 Å². The number of pyridine rings is 1. The van der Waals surface area contributed by atoms with Crippen molar-refractivity contribution in [2.45, 2.75) is 13.0 Å². The Morgan fingerprint density at radius 2 is 2.00 bits per heavy atom. The first-order chi connectivity index (χ1) is 6.19. The fourth-order valence-electron chi connectivity index (χ4n) is 1.03. The number of aliphatic hydroxyl groups is 1. The van der Waals surface area contributed by atoms with Crippen molar-refractivity contribution in [1.29, 1.82) is 0 Å². The van der Waals surface area contributed by atoms with E-state index in [0.29, 0.717) is 17.3 Å². The summed E-state index contributed by atoms with van der Waals surface area (Å²) in [6.07, 6.45) is -0.589. The highest BCUT2D eigenvalue weighted by molar-refractivity contribution is 5.32. The fraction of sp³-hybridized carbons (Fsp3) is 0.444. The van der Waals surface area contributed by atoms with Gasteiger partial charge in [-0.1, -0.05) is 0 Å². The lowest BCUT2D eigenvalue weighted by atomic mass is 10.2. The van der Waals surface area contributed by atoms with Gasteiger partial charge >= 0.3 is 0 Å². The molecule has 0 aliphatic rings. The molecule has 0 unspecified atom stereocenters. The summed E-state index contributed by atoms with van der Waals surface area (Å²) in [4.78, 5) is 4.03. The molecule has 0 saturated carbocycles. The highest BCUT2D eigenvalue weighted by Crippen LogP contribution is 2.24. The average Bonchev–Trinajstić information content (AvgIpc) is 2.16. The molecule has 0 amide bonds. The monoisotopic (exact) mass is 183 g/mol. The van der Waals surface area contributed by atoms with E-state index in [4.69, 9.17) is 9.47 Å². The third-order valence-electron chi connectivity index (χ3n) is 1.72. The van der Waals surface area contributed by atoms with E-state index in [1.165, 1.54) is 14.2 Å². The Balaban J connectivity index is 3.08. The van der Waals surface area contributed by atoms with Gasteiger partial charge in [0.05, 0.1) is 20.3 Å². The predicted molar refractivity (Wildman–Crippen MR) is 48.0 cm³/mol. The zero-order valence-electron chi connectivity index (χ0n) is 7.94. The molecule has 0 fully saturated rings. The second kappa shape index (κ2) is 4.09. The lowest BCUT2D eigenvalue weighted by Gasteiger charge is -2.10. The molecule has 0 radical (unpaired) electrons. The van der Waals surface area contributed by atoms with Gasteiger partial charge in [-0.3, -0.25) is 0 Å². The third-order valence-corrected chi connectivity index (χ3v) is 1.72. The smallest absolute Gasteiger partial charge is 0.222 e. The van der Waals surface area contributed by atoms with Crippen LogP contribution in [0, 0.1) is 0 Å². The molecule has 1 heterocycles. The van der Waals surface area contributed by atoms with Crippen LogP contribution in [-0.4, -0.2) is 24.3 Å². The molecule has 0 aromatic carbocycles. The third kappa shape index (κ3) is 2.09. The summed E-state index contributed by atoms with van der Waals surface area (Å²) in [7, 11) is 3.04. The molecule has 4 nitrogen and oxygen atoms in total. The van der Waals surface area contributed by atoms with Crippen LogP contribution < -0.4 is 9.47 Å². The molecule has 0 aliphatic heterocycles. The molecule has 1 atom stereocenters. The summed E-state index contributed by atoms with van der Waals surface area (Å²) in [5, 5.41) is 9.34. The van der Waals surface area contributed by atoms with Crippen molar-refractivity contribution in [1.82, 2.24) is 4.98 Å². The Bertz CT molecular complexity index is 286. The van der Waals surface area contributed by atoms with Gasteiger partial charge in [-0.25, -0.2) is 0 Å². The average molecular weight is 183 g/mol. The van der Waals surface area contributed by atoms with Crippen LogP contribution in [0.1, 0.15) is 18.6 Å². The minimum atomic E-state index is -0.589. The molecule has 0 bridgehead atoms. The van der Waals surface area contributed by atoms with Crippen molar-refractivity contribution in [2.75, 3.05) is 14.2 Å². The minimum Gasteiger partial charge on any atom is -0.481 e. The molecular formula is C9H13NO3. The quantitative estimate of drug-likeness (QED) is 0.763. The molecular weight excluding hydrogens is 170 g/mol. The van der Waals surface area contributed by atoms with Gasteiger partial charge in [0, 0.05) is 11.6 Å². The zero-order chi connectivity index (χ0) is 9.84. The van der Waals surface area contributed by atoms with E-state index in [0.717, 1.165) is 0 Å². The first kappa shape index (κ1) is 9.80. The van der Waals surface area contributed by atoms with Gasteiger partial charge in [-0.15, -0.1) is 0 Å². The topological polar surface area (TPSA) is 51.6 Å². The zero-order valence-corrected chi connectivity index (χ0v) is 7.94. The van der Waals surface area contributed by atoms with E-state index in [2.05, 4.69) is 4.98 Å². The molecule has 0 saturated heterocycles. The number of hydrogen-bond donors (Lipinski definition) is 1. The van der Waals surface area contributed by atoms with E-state index >= 15 is 0 Å². The first-order valence-electron chi connectivity index (χ1n) is 3.96. The van der Waals surface area contributed by atoms with Crippen LogP contribution in [0.4, 0.5) is 0 Å². The molecule has 0 aliphatic carbocycles. The number of hydrogen-bond acceptors (Lipinski definition) is 4. The fourth-order valence-corrected chi connectivity index (χ4v) is 1.03.